The molecule has 1 saturated heterocycles. The van der Waals surface area contributed by atoms with Crippen LogP contribution in [0.2, 0.25) is 0 Å². The molecule has 1 fully saturated rings. The quantitative estimate of drug-likeness (QED) is 0.827. The van der Waals surface area contributed by atoms with Crippen LogP contribution in [0.1, 0.15) is 18.1 Å². The number of ether oxygens (including phenoxy) is 2. The lowest BCUT2D eigenvalue weighted by molar-refractivity contribution is -0.122. The van der Waals surface area contributed by atoms with Crippen LogP contribution in [0.5, 0.6) is 11.5 Å². The Bertz CT molecular complexity index is 791. The summed E-state index contributed by atoms with van der Waals surface area (Å²) < 4.78 is 10.7. The summed E-state index contributed by atoms with van der Waals surface area (Å²) in [7, 11) is 3.26. The van der Waals surface area contributed by atoms with E-state index in [1.807, 2.05) is 54.3 Å². The third-order valence-electron chi connectivity index (χ3n) is 4.82. The first kappa shape index (κ1) is 18.3. The van der Waals surface area contributed by atoms with Crippen molar-refractivity contribution in [3.05, 3.63) is 53.6 Å². The summed E-state index contributed by atoms with van der Waals surface area (Å²) in [4.78, 5) is 16.9. The average Bonchev–Trinajstić information content (AvgIpc) is 2.62. The zero-order valence-electron chi connectivity index (χ0n) is 15.9. The Labute approximate surface area is 155 Å². The molecule has 26 heavy (non-hydrogen) atoms. The van der Waals surface area contributed by atoms with Crippen LogP contribution in [-0.4, -0.2) is 44.2 Å². The fraction of sp³-hybridized carbons (Fsp3) is 0.381. The van der Waals surface area contributed by atoms with Gasteiger partial charge in [0.25, 0.3) is 0 Å². The second-order valence-corrected chi connectivity index (χ2v) is 6.76. The van der Waals surface area contributed by atoms with E-state index in [4.69, 9.17) is 9.47 Å². The maximum absolute atomic E-state index is 12.8. The summed E-state index contributed by atoms with van der Waals surface area (Å²) >= 11 is 0. The molecule has 5 heteroatoms. The van der Waals surface area contributed by atoms with E-state index in [9.17, 15) is 4.79 Å². The first-order chi connectivity index (χ1) is 12.5. The number of amides is 1. The molecule has 3 rings (SSSR count). The fourth-order valence-electron chi connectivity index (χ4n) is 3.60. The van der Waals surface area contributed by atoms with Crippen LogP contribution in [0.4, 0.5) is 5.69 Å². The molecule has 2 aromatic rings. The van der Waals surface area contributed by atoms with Gasteiger partial charge in [-0.25, -0.2) is 0 Å². The topological polar surface area (TPSA) is 42.0 Å². The maximum atomic E-state index is 12.8. The normalized spacial score (nSPS) is 18.1. The summed E-state index contributed by atoms with van der Waals surface area (Å²) in [5, 5.41) is 0. The van der Waals surface area contributed by atoms with Gasteiger partial charge in [-0.05, 0) is 43.2 Å². The molecule has 1 heterocycles. The Balaban J connectivity index is 1.74. The second-order valence-electron chi connectivity index (χ2n) is 6.76. The molecule has 0 spiro atoms. The van der Waals surface area contributed by atoms with Gasteiger partial charge in [0.05, 0.1) is 20.8 Å². The monoisotopic (exact) mass is 354 g/mol. The number of carbonyl (C=O) groups is 1. The molecule has 0 aliphatic carbocycles. The van der Waals surface area contributed by atoms with Crippen molar-refractivity contribution in [1.29, 1.82) is 0 Å². The molecule has 0 aromatic heterocycles. The molecule has 1 aliphatic heterocycles. The van der Waals surface area contributed by atoms with Crippen LogP contribution >= 0.6 is 0 Å². The van der Waals surface area contributed by atoms with E-state index < -0.39 is 0 Å². The van der Waals surface area contributed by atoms with Gasteiger partial charge in [0.1, 0.15) is 0 Å². The number of carbonyl (C=O) groups excluding carboxylic acids is 1. The van der Waals surface area contributed by atoms with E-state index in [0.29, 0.717) is 24.6 Å². The van der Waals surface area contributed by atoms with Crippen LogP contribution in [0.3, 0.4) is 0 Å². The van der Waals surface area contributed by atoms with Crippen LogP contribution in [0.25, 0.3) is 0 Å². The molecular weight excluding hydrogens is 328 g/mol. The van der Waals surface area contributed by atoms with Crippen molar-refractivity contribution in [3.63, 3.8) is 0 Å². The smallest absolute Gasteiger partial charge is 0.241 e. The van der Waals surface area contributed by atoms with Gasteiger partial charge < -0.3 is 14.4 Å². The molecule has 2 aromatic carbocycles. The predicted octanol–water partition coefficient (Wildman–Crippen LogP) is 3.25. The number of methoxy groups -OCH3 is 2. The number of rotatable bonds is 5. The standard InChI is InChI=1S/C21H26N2O3/c1-15-7-5-6-8-18(15)23-16(2)12-22(14-21(23)24)13-17-9-10-19(25-3)20(11-17)26-4/h5-11,16H,12-14H2,1-4H3/t16-/m0/s1. The molecule has 5 nitrogen and oxygen atoms in total. The molecule has 0 unspecified atom stereocenters. The number of hydrogen-bond acceptors (Lipinski definition) is 4. The summed E-state index contributed by atoms with van der Waals surface area (Å²) in [6.45, 7) is 6.09. The number of piperazine rings is 1. The summed E-state index contributed by atoms with van der Waals surface area (Å²) in [6.07, 6.45) is 0. The van der Waals surface area contributed by atoms with Gasteiger partial charge in [0.15, 0.2) is 11.5 Å². The molecule has 1 amide bonds. The molecule has 1 aliphatic rings. The van der Waals surface area contributed by atoms with Crippen LogP contribution in [0, 0.1) is 6.92 Å². The lowest BCUT2D eigenvalue weighted by Crippen LogP contribution is -2.55. The third kappa shape index (κ3) is 3.68. The van der Waals surface area contributed by atoms with E-state index in [-0.39, 0.29) is 11.9 Å². The second kappa shape index (κ2) is 7.79. The first-order valence-electron chi connectivity index (χ1n) is 8.84. The summed E-state index contributed by atoms with van der Waals surface area (Å²) in [6, 6.07) is 14.1. The molecule has 1 atom stereocenters. The van der Waals surface area contributed by atoms with E-state index in [2.05, 4.69) is 11.8 Å². The van der Waals surface area contributed by atoms with Crippen molar-refractivity contribution in [2.75, 3.05) is 32.2 Å². The van der Waals surface area contributed by atoms with Crippen molar-refractivity contribution in [2.24, 2.45) is 0 Å². The molecule has 0 bridgehead atoms. The Morgan fingerprint density at radius 1 is 1.08 bits per heavy atom. The minimum Gasteiger partial charge on any atom is -0.493 e. The van der Waals surface area contributed by atoms with Crippen LogP contribution in [0.15, 0.2) is 42.5 Å². The minimum atomic E-state index is 0.123. The summed E-state index contributed by atoms with van der Waals surface area (Å²) in [5.41, 5.74) is 3.24. The highest BCUT2D eigenvalue weighted by Crippen LogP contribution is 2.29. The van der Waals surface area contributed by atoms with Crippen LogP contribution in [-0.2, 0) is 11.3 Å². The number of anilines is 1. The van der Waals surface area contributed by atoms with Crippen LogP contribution < -0.4 is 14.4 Å². The molecule has 0 saturated carbocycles. The van der Waals surface area contributed by atoms with Crippen molar-refractivity contribution in [2.45, 2.75) is 26.4 Å². The van der Waals surface area contributed by atoms with Crippen molar-refractivity contribution < 1.29 is 14.3 Å². The van der Waals surface area contributed by atoms with Gasteiger partial charge in [-0.2, -0.15) is 0 Å². The Hall–Kier alpha value is -2.53. The van der Waals surface area contributed by atoms with Gasteiger partial charge in [-0.15, -0.1) is 0 Å². The largest absolute Gasteiger partial charge is 0.493 e. The van der Waals surface area contributed by atoms with E-state index in [0.717, 1.165) is 23.4 Å². The zero-order chi connectivity index (χ0) is 18.7. The number of nitrogens with zero attached hydrogens (tertiary/aromatic N) is 2. The van der Waals surface area contributed by atoms with E-state index in [1.54, 1.807) is 14.2 Å². The number of hydrogen-bond donors (Lipinski definition) is 0. The third-order valence-corrected chi connectivity index (χ3v) is 4.82. The molecule has 0 N–H and O–H groups in total. The minimum absolute atomic E-state index is 0.123. The van der Waals surface area contributed by atoms with Gasteiger partial charge in [0, 0.05) is 24.8 Å². The highest BCUT2D eigenvalue weighted by molar-refractivity contribution is 5.96. The van der Waals surface area contributed by atoms with E-state index >= 15 is 0 Å². The van der Waals surface area contributed by atoms with Crippen molar-refractivity contribution in [1.82, 2.24) is 4.90 Å². The lowest BCUT2D eigenvalue weighted by atomic mass is 10.1. The number of aryl methyl sites for hydroxylation is 1. The van der Waals surface area contributed by atoms with Crippen molar-refractivity contribution >= 4 is 11.6 Å². The van der Waals surface area contributed by atoms with Gasteiger partial charge in [-0.3, -0.25) is 9.69 Å². The Morgan fingerprint density at radius 2 is 1.81 bits per heavy atom. The van der Waals surface area contributed by atoms with Crippen molar-refractivity contribution in [3.8, 4) is 11.5 Å². The SMILES string of the molecule is COc1ccc(CN2CC(=O)N(c3ccccc3C)[C@@H](C)C2)cc1OC. The maximum Gasteiger partial charge on any atom is 0.241 e. The fourth-order valence-corrected chi connectivity index (χ4v) is 3.60. The molecule has 138 valence electrons. The van der Waals surface area contributed by atoms with Gasteiger partial charge in [-0.1, -0.05) is 24.3 Å². The Morgan fingerprint density at radius 3 is 2.46 bits per heavy atom. The number of para-hydroxylation sites is 1. The highest BCUT2D eigenvalue weighted by Gasteiger charge is 2.31. The first-order valence-corrected chi connectivity index (χ1v) is 8.84. The lowest BCUT2D eigenvalue weighted by Gasteiger charge is -2.40. The summed E-state index contributed by atoms with van der Waals surface area (Å²) in [5.74, 6) is 1.56. The van der Waals surface area contributed by atoms with E-state index in [1.165, 1.54) is 0 Å². The molecule has 0 radical (unpaired) electrons. The van der Waals surface area contributed by atoms with Gasteiger partial charge in [0.2, 0.25) is 5.91 Å². The zero-order valence-corrected chi connectivity index (χ0v) is 15.9. The predicted molar refractivity (Wildman–Crippen MR) is 103 cm³/mol. The highest BCUT2D eigenvalue weighted by atomic mass is 16.5. The Kier molecular flexibility index (Phi) is 5.47. The average molecular weight is 354 g/mol. The number of benzene rings is 2. The molecular formula is C21H26N2O3. The van der Waals surface area contributed by atoms with Gasteiger partial charge >= 0.3 is 0 Å².